The summed E-state index contributed by atoms with van der Waals surface area (Å²) in [6, 6.07) is 22.9. The Morgan fingerprint density at radius 3 is 2.39 bits per heavy atom. The monoisotopic (exact) mass is 456 g/mol. The van der Waals surface area contributed by atoms with Gasteiger partial charge in [0.25, 0.3) is 5.91 Å². The van der Waals surface area contributed by atoms with E-state index in [4.69, 9.17) is 10.7 Å². The van der Waals surface area contributed by atoms with Crippen LogP contribution in [0.3, 0.4) is 0 Å². The van der Waals surface area contributed by atoms with Gasteiger partial charge in [0.15, 0.2) is 5.13 Å². The van der Waals surface area contributed by atoms with Crippen molar-refractivity contribution in [1.82, 2.24) is 10.3 Å². The fraction of sp³-hybridized carbons (Fsp3) is 0.115. The number of carbonyl (C=O) groups is 2. The van der Waals surface area contributed by atoms with Crippen molar-refractivity contribution < 1.29 is 9.59 Å². The normalized spacial score (nSPS) is 10.6. The first kappa shape index (κ1) is 22.2. The number of aryl methyl sites for hydroxylation is 2. The molecule has 0 spiro atoms. The number of rotatable bonds is 7. The van der Waals surface area contributed by atoms with E-state index in [9.17, 15) is 9.59 Å². The molecule has 0 saturated carbocycles. The average molecular weight is 457 g/mol. The van der Waals surface area contributed by atoms with Gasteiger partial charge in [0.2, 0.25) is 5.91 Å². The number of nitrogens with one attached hydrogen (secondary N) is 2. The van der Waals surface area contributed by atoms with Gasteiger partial charge in [-0.25, -0.2) is 4.98 Å². The minimum atomic E-state index is -0.501. The van der Waals surface area contributed by atoms with E-state index in [0.29, 0.717) is 33.5 Å². The third-order valence-electron chi connectivity index (χ3n) is 5.22. The molecular weight excluding hydrogens is 432 g/mol. The molecule has 4 N–H and O–H groups in total. The van der Waals surface area contributed by atoms with E-state index in [0.717, 1.165) is 22.3 Å². The Hall–Kier alpha value is -3.97. The second kappa shape index (κ2) is 9.67. The zero-order valence-corrected chi connectivity index (χ0v) is 19.2. The maximum Gasteiger partial charge on any atom is 0.264 e. The molecule has 7 heteroatoms. The molecule has 0 bridgehead atoms. The van der Waals surface area contributed by atoms with E-state index in [-0.39, 0.29) is 5.91 Å². The van der Waals surface area contributed by atoms with E-state index < -0.39 is 5.91 Å². The Labute approximate surface area is 196 Å². The van der Waals surface area contributed by atoms with Gasteiger partial charge >= 0.3 is 0 Å². The van der Waals surface area contributed by atoms with Crippen molar-refractivity contribution in [3.63, 3.8) is 0 Å². The van der Waals surface area contributed by atoms with E-state index in [2.05, 4.69) is 10.6 Å². The number of hydrogen-bond acceptors (Lipinski definition) is 5. The average Bonchev–Trinajstić information content (AvgIpc) is 3.24. The lowest BCUT2D eigenvalue weighted by Gasteiger charge is -2.08. The second-order valence-electron chi connectivity index (χ2n) is 7.75. The number of amides is 2. The first-order valence-electron chi connectivity index (χ1n) is 10.5. The first-order chi connectivity index (χ1) is 15.9. The van der Waals surface area contributed by atoms with Crippen molar-refractivity contribution in [1.29, 1.82) is 0 Å². The van der Waals surface area contributed by atoms with Gasteiger partial charge in [-0.1, -0.05) is 77.6 Å². The molecule has 6 nitrogen and oxygen atoms in total. The summed E-state index contributed by atoms with van der Waals surface area (Å²) in [6.45, 7) is 4.36. The van der Waals surface area contributed by atoms with Crippen molar-refractivity contribution in [2.75, 3.05) is 5.32 Å². The van der Waals surface area contributed by atoms with Crippen LogP contribution in [-0.4, -0.2) is 16.8 Å². The van der Waals surface area contributed by atoms with Crippen molar-refractivity contribution >= 4 is 34.0 Å². The summed E-state index contributed by atoms with van der Waals surface area (Å²) >= 11 is 1.27. The topological polar surface area (TPSA) is 97.1 Å². The van der Waals surface area contributed by atoms with Crippen molar-refractivity contribution in [3.05, 3.63) is 99.9 Å². The maximum atomic E-state index is 13.1. The molecule has 0 unspecified atom stereocenters. The molecule has 1 heterocycles. The largest absolute Gasteiger partial charge is 0.366 e. The highest BCUT2D eigenvalue weighted by Crippen LogP contribution is 2.34. The van der Waals surface area contributed by atoms with Gasteiger partial charge in [-0.3, -0.25) is 9.59 Å². The molecule has 0 aliphatic rings. The molecule has 1 aromatic heterocycles. The maximum absolute atomic E-state index is 13.1. The third-order valence-corrected chi connectivity index (χ3v) is 6.19. The second-order valence-corrected chi connectivity index (χ2v) is 8.75. The Bertz CT molecular complexity index is 1300. The number of nitrogens with two attached hydrogens (primary N) is 1. The quantitative estimate of drug-likeness (QED) is 0.356. The van der Waals surface area contributed by atoms with Crippen molar-refractivity contribution in [2.24, 2.45) is 5.73 Å². The number of primary amides is 1. The van der Waals surface area contributed by atoms with Crippen LogP contribution in [0.4, 0.5) is 10.8 Å². The lowest BCUT2D eigenvalue weighted by atomic mass is 10.1. The standard InChI is InChI=1S/C26H24N4O2S/c1-16-8-11-19(12-9-16)22-23(25(32)28-15-18-6-4-3-5-7-18)33-26(30-22)29-21-14-20(24(27)31)13-10-17(21)2/h3-14H,15H2,1-2H3,(H2,27,31)(H,28,32)(H,29,30). The van der Waals surface area contributed by atoms with Crippen LogP contribution in [0.2, 0.25) is 0 Å². The number of thiazole rings is 1. The molecule has 4 aromatic rings. The summed E-state index contributed by atoms with van der Waals surface area (Å²) < 4.78 is 0. The molecule has 0 atom stereocenters. The lowest BCUT2D eigenvalue weighted by Crippen LogP contribution is -2.22. The first-order valence-corrected chi connectivity index (χ1v) is 11.3. The highest BCUT2D eigenvalue weighted by molar-refractivity contribution is 7.18. The lowest BCUT2D eigenvalue weighted by molar-refractivity contribution is 0.0954. The molecular formula is C26H24N4O2S. The van der Waals surface area contributed by atoms with E-state index in [1.807, 2.05) is 74.5 Å². The van der Waals surface area contributed by atoms with Crippen LogP contribution in [0.5, 0.6) is 0 Å². The minimum absolute atomic E-state index is 0.192. The summed E-state index contributed by atoms with van der Waals surface area (Å²) in [5, 5.41) is 6.81. The molecule has 2 amide bonds. The van der Waals surface area contributed by atoms with Gasteiger partial charge in [0, 0.05) is 23.4 Å². The number of benzene rings is 3. The van der Waals surface area contributed by atoms with Gasteiger partial charge in [-0.15, -0.1) is 0 Å². The highest BCUT2D eigenvalue weighted by atomic mass is 32.1. The molecule has 0 aliphatic heterocycles. The van der Waals surface area contributed by atoms with Gasteiger partial charge < -0.3 is 16.4 Å². The summed E-state index contributed by atoms with van der Waals surface area (Å²) in [4.78, 5) is 30.0. The van der Waals surface area contributed by atoms with Gasteiger partial charge in [-0.05, 0) is 37.1 Å². The summed E-state index contributed by atoms with van der Waals surface area (Å²) in [7, 11) is 0. The number of hydrogen-bond donors (Lipinski definition) is 3. The van der Waals surface area contributed by atoms with Gasteiger partial charge in [0.05, 0.1) is 5.69 Å². The van der Waals surface area contributed by atoms with Gasteiger partial charge in [-0.2, -0.15) is 0 Å². The van der Waals surface area contributed by atoms with Crippen LogP contribution >= 0.6 is 11.3 Å². The summed E-state index contributed by atoms with van der Waals surface area (Å²) in [6.07, 6.45) is 0. The summed E-state index contributed by atoms with van der Waals surface area (Å²) in [5.41, 5.74) is 11.1. The van der Waals surface area contributed by atoms with Crippen molar-refractivity contribution in [2.45, 2.75) is 20.4 Å². The van der Waals surface area contributed by atoms with Crippen LogP contribution in [-0.2, 0) is 6.54 Å². The van der Waals surface area contributed by atoms with Crippen LogP contribution in [0.1, 0.15) is 36.7 Å². The molecule has 4 rings (SSSR count). The zero-order chi connectivity index (χ0) is 23.4. The number of aromatic nitrogens is 1. The molecule has 0 fully saturated rings. The molecule has 0 saturated heterocycles. The predicted octanol–water partition coefficient (Wildman–Crippen LogP) is 5.20. The van der Waals surface area contributed by atoms with Crippen LogP contribution < -0.4 is 16.4 Å². The summed E-state index contributed by atoms with van der Waals surface area (Å²) in [5.74, 6) is -0.693. The van der Waals surface area contributed by atoms with Crippen molar-refractivity contribution in [3.8, 4) is 11.3 Å². The number of anilines is 2. The Balaban J connectivity index is 1.66. The van der Waals surface area contributed by atoms with E-state index >= 15 is 0 Å². The Kier molecular flexibility index (Phi) is 6.51. The number of carbonyl (C=O) groups excluding carboxylic acids is 2. The fourth-order valence-electron chi connectivity index (χ4n) is 3.32. The van der Waals surface area contributed by atoms with E-state index in [1.54, 1.807) is 12.1 Å². The highest BCUT2D eigenvalue weighted by Gasteiger charge is 2.20. The molecule has 33 heavy (non-hydrogen) atoms. The molecule has 0 radical (unpaired) electrons. The predicted molar refractivity (Wildman–Crippen MR) is 133 cm³/mol. The van der Waals surface area contributed by atoms with Crippen LogP contribution in [0.15, 0.2) is 72.8 Å². The van der Waals surface area contributed by atoms with Gasteiger partial charge in [0.1, 0.15) is 4.88 Å². The molecule has 166 valence electrons. The van der Waals surface area contributed by atoms with E-state index in [1.165, 1.54) is 11.3 Å². The third kappa shape index (κ3) is 5.27. The van der Waals surface area contributed by atoms with Crippen LogP contribution in [0.25, 0.3) is 11.3 Å². The zero-order valence-electron chi connectivity index (χ0n) is 18.4. The minimum Gasteiger partial charge on any atom is -0.366 e. The SMILES string of the molecule is Cc1ccc(-c2nc(Nc3cc(C(N)=O)ccc3C)sc2C(=O)NCc2ccccc2)cc1. The molecule has 3 aromatic carbocycles. The fourth-order valence-corrected chi connectivity index (χ4v) is 4.23. The van der Waals surface area contributed by atoms with Crippen LogP contribution in [0, 0.1) is 13.8 Å². The Morgan fingerprint density at radius 2 is 1.70 bits per heavy atom. The Morgan fingerprint density at radius 1 is 0.970 bits per heavy atom. The number of nitrogens with zero attached hydrogens (tertiary/aromatic N) is 1. The molecule has 0 aliphatic carbocycles. The smallest absolute Gasteiger partial charge is 0.264 e.